The van der Waals surface area contributed by atoms with Crippen LogP contribution in [0.4, 0.5) is 0 Å². The van der Waals surface area contributed by atoms with E-state index in [1.807, 2.05) is 0 Å². The van der Waals surface area contributed by atoms with Gasteiger partial charge in [0.2, 0.25) is 11.5 Å². The van der Waals surface area contributed by atoms with Gasteiger partial charge in [0.1, 0.15) is 0 Å². The number of pyridine rings is 1. The number of aryl methyl sites for hydroxylation is 2. The molecule has 0 aromatic carbocycles. The van der Waals surface area contributed by atoms with Crippen LogP contribution in [-0.2, 0) is 17.9 Å². The zero-order valence-electron chi connectivity index (χ0n) is 13.5. The molecule has 0 aliphatic rings. The smallest absolute Gasteiger partial charge is 0.278 e. The van der Waals surface area contributed by atoms with E-state index in [0.29, 0.717) is 31.7 Å². The van der Waals surface area contributed by atoms with E-state index in [0.717, 1.165) is 0 Å². The summed E-state index contributed by atoms with van der Waals surface area (Å²) in [6.45, 7) is 1.43. The van der Waals surface area contributed by atoms with Gasteiger partial charge in [-0.05, 0) is 12.5 Å². The molecule has 3 aromatic rings. The number of amides is 1. The molecule has 2 N–H and O–H groups in total. The number of carbonyl (C=O) groups excluding carboxylic acids is 1. The third-order valence-corrected chi connectivity index (χ3v) is 3.78. The molecule has 0 saturated heterocycles. The average Bonchev–Trinajstić information content (AvgIpc) is 3.03. The van der Waals surface area contributed by atoms with Crippen LogP contribution in [0.2, 0.25) is 0 Å². The molecule has 0 unspecified atom stereocenters. The predicted molar refractivity (Wildman–Crippen MR) is 91.1 cm³/mol. The topological polar surface area (TPSA) is 115 Å². The summed E-state index contributed by atoms with van der Waals surface area (Å²) < 4.78 is 3.28. The van der Waals surface area contributed by atoms with Crippen LogP contribution in [0.15, 0.2) is 46.6 Å². The summed E-state index contributed by atoms with van der Waals surface area (Å²) in [5.41, 5.74) is 0.365. The van der Waals surface area contributed by atoms with Gasteiger partial charge in [0.25, 0.3) is 5.56 Å². The fourth-order valence-corrected chi connectivity index (χ4v) is 2.49. The first-order valence-electron chi connectivity index (χ1n) is 7.96. The standard InChI is InChI=1S/C16H18N6O3/c23-12(17-6-3-8-21-7-2-1-4-13(21)24)5-9-22-11-20-14-15(22)18-10-19-16(14)25/h1-2,4,7,10-11H,3,5-6,8-9H2,(H,17,23)(H,18,19,25). The molecule has 3 rings (SSSR count). The Bertz CT molecular complexity index is 987. The molecule has 9 nitrogen and oxygen atoms in total. The Morgan fingerprint density at radius 2 is 2.04 bits per heavy atom. The second kappa shape index (κ2) is 7.56. The first kappa shape index (κ1) is 16.6. The van der Waals surface area contributed by atoms with Gasteiger partial charge in [-0.15, -0.1) is 0 Å². The van der Waals surface area contributed by atoms with Crippen LogP contribution in [0.5, 0.6) is 0 Å². The Kier molecular flexibility index (Phi) is 5.03. The first-order valence-corrected chi connectivity index (χ1v) is 7.96. The molecule has 0 radical (unpaired) electrons. The maximum Gasteiger partial charge on any atom is 0.278 e. The summed E-state index contributed by atoms with van der Waals surface area (Å²) in [5.74, 6) is -0.105. The highest BCUT2D eigenvalue weighted by Crippen LogP contribution is 2.04. The van der Waals surface area contributed by atoms with Gasteiger partial charge in [-0.25, -0.2) is 9.97 Å². The van der Waals surface area contributed by atoms with Crippen molar-refractivity contribution in [1.82, 2.24) is 29.4 Å². The quantitative estimate of drug-likeness (QED) is 0.581. The number of aromatic amines is 1. The van der Waals surface area contributed by atoms with Crippen LogP contribution >= 0.6 is 0 Å². The van der Waals surface area contributed by atoms with Crippen molar-refractivity contribution in [2.75, 3.05) is 6.54 Å². The van der Waals surface area contributed by atoms with Gasteiger partial charge in [-0.2, -0.15) is 0 Å². The lowest BCUT2D eigenvalue weighted by Crippen LogP contribution is -2.27. The van der Waals surface area contributed by atoms with Crippen LogP contribution in [-0.4, -0.2) is 36.5 Å². The van der Waals surface area contributed by atoms with Crippen molar-refractivity contribution in [1.29, 1.82) is 0 Å². The highest BCUT2D eigenvalue weighted by molar-refractivity contribution is 5.76. The van der Waals surface area contributed by atoms with Crippen molar-refractivity contribution in [2.45, 2.75) is 25.9 Å². The van der Waals surface area contributed by atoms with Gasteiger partial charge in [0.15, 0.2) is 11.2 Å². The van der Waals surface area contributed by atoms with E-state index in [-0.39, 0.29) is 29.0 Å². The minimum Gasteiger partial charge on any atom is -0.356 e. The van der Waals surface area contributed by atoms with Crippen molar-refractivity contribution < 1.29 is 4.79 Å². The number of fused-ring (bicyclic) bond motifs is 1. The summed E-state index contributed by atoms with van der Waals surface area (Å²) in [6, 6.07) is 5.00. The van der Waals surface area contributed by atoms with Crippen LogP contribution in [0.1, 0.15) is 12.8 Å². The summed E-state index contributed by atoms with van der Waals surface area (Å²) in [4.78, 5) is 45.6. The van der Waals surface area contributed by atoms with Gasteiger partial charge in [0, 0.05) is 38.3 Å². The number of rotatable bonds is 7. The number of hydrogen-bond donors (Lipinski definition) is 2. The third-order valence-electron chi connectivity index (χ3n) is 3.78. The van der Waals surface area contributed by atoms with E-state index >= 15 is 0 Å². The molecule has 0 atom stereocenters. The van der Waals surface area contributed by atoms with E-state index in [9.17, 15) is 14.4 Å². The monoisotopic (exact) mass is 342 g/mol. The molecule has 0 aliphatic heterocycles. The Hall–Kier alpha value is -3.23. The lowest BCUT2D eigenvalue weighted by molar-refractivity contribution is -0.121. The van der Waals surface area contributed by atoms with Gasteiger partial charge < -0.3 is 19.4 Å². The number of H-pyrrole nitrogens is 1. The SMILES string of the molecule is O=C(CCn1cnc2c(=O)[nH]cnc21)NCCCn1ccccc1=O. The Morgan fingerprint density at radius 3 is 2.88 bits per heavy atom. The van der Waals surface area contributed by atoms with E-state index < -0.39 is 0 Å². The second-order valence-corrected chi connectivity index (χ2v) is 5.53. The number of aromatic nitrogens is 5. The molecule has 3 aromatic heterocycles. The number of hydrogen-bond acceptors (Lipinski definition) is 5. The summed E-state index contributed by atoms with van der Waals surface area (Å²) in [7, 11) is 0. The summed E-state index contributed by atoms with van der Waals surface area (Å²) in [6.07, 6.45) is 5.46. The van der Waals surface area contributed by atoms with Crippen molar-refractivity contribution in [2.24, 2.45) is 0 Å². The van der Waals surface area contributed by atoms with Crippen LogP contribution in [0.25, 0.3) is 11.2 Å². The summed E-state index contributed by atoms with van der Waals surface area (Å²) in [5, 5.41) is 2.82. The summed E-state index contributed by atoms with van der Waals surface area (Å²) >= 11 is 0. The molecule has 9 heteroatoms. The zero-order valence-corrected chi connectivity index (χ0v) is 13.5. The van der Waals surface area contributed by atoms with Crippen molar-refractivity contribution in [3.63, 3.8) is 0 Å². The molecule has 0 aliphatic carbocycles. The van der Waals surface area contributed by atoms with Gasteiger partial charge in [0.05, 0.1) is 12.7 Å². The highest BCUT2D eigenvalue weighted by atomic mass is 16.1. The minimum atomic E-state index is -0.302. The molecule has 0 spiro atoms. The van der Waals surface area contributed by atoms with Gasteiger partial charge in [-0.3, -0.25) is 14.4 Å². The number of imidazole rings is 1. The molecule has 0 saturated carbocycles. The lowest BCUT2D eigenvalue weighted by Gasteiger charge is -2.07. The van der Waals surface area contributed by atoms with Crippen molar-refractivity contribution >= 4 is 17.1 Å². The fourth-order valence-electron chi connectivity index (χ4n) is 2.49. The molecule has 25 heavy (non-hydrogen) atoms. The second-order valence-electron chi connectivity index (χ2n) is 5.53. The normalized spacial score (nSPS) is 10.9. The maximum absolute atomic E-state index is 11.9. The number of nitrogens with one attached hydrogen (secondary N) is 2. The van der Waals surface area contributed by atoms with Gasteiger partial charge in [-0.1, -0.05) is 6.07 Å². The maximum atomic E-state index is 11.9. The number of nitrogens with zero attached hydrogens (tertiary/aromatic N) is 4. The van der Waals surface area contributed by atoms with E-state index in [1.165, 1.54) is 18.7 Å². The van der Waals surface area contributed by atoms with Crippen LogP contribution in [0, 0.1) is 0 Å². The third kappa shape index (κ3) is 4.00. The molecule has 1 amide bonds. The van der Waals surface area contributed by atoms with Crippen LogP contribution in [0.3, 0.4) is 0 Å². The van der Waals surface area contributed by atoms with Crippen molar-refractivity contribution in [3.8, 4) is 0 Å². The van der Waals surface area contributed by atoms with E-state index in [4.69, 9.17) is 0 Å². The molecule has 3 heterocycles. The lowest BCUT2D eigenvalue weighted by atomic mass is 10.3. The molecule has 0 fully saturated rings. The predicted octanol–water partition coefficient (Wildman–Crippen LogP) is -0.122. The highest BCUT2D eigenvalue weighted by Gasteiger charge is 2.08. The van der Waals surface area contributed by atoms with E-state index in [1.54, 1.807) is 27.5 Å². The van der Waals surface area contributed by atoms with Gasteiger partial charge >= 0.3 is 0 Å². The molecular formula is C16H18N6O3. The average molecular weight is 342 g/mol. The minimum absolute atomic E-state index is 0.0525. The molecular weight excluding hydrogens is 324 g/mol. The molecule has 130 valence electrons. The zero-order chi connectivity index (χ0) is 17.6. The van der Waals surface area contributed by atoms with Crippen LogP contribution < -0.4 is 16.4 Å². The number of carbonyl (C=O) groups is 1. The largest absolute Gasteiger partial charge is 0.356 e. The molecule has 0 bridgehead atoms. The first-order chi connectivity index (χ1) is 12.1. The fraction of sp³-hybridized carbons (Fsp3) is 0.312. The Balaban J connectivity index is 1.45. The Morgan fingerprint density at radius 1 is 1.16 bits per heavy atom. The van der Waals surface area contributed by atoms with Crippen molar-refractivity contribution in [3.05, 3.63) is 57.8 Å². The Labute approximate surface area is 142 Å². The van der Waals surface area contributed by atoms with E-state index in [2.05, 4.69) is 20.3 Å².